The highest BCUT2D eigenvalue weighted by molar-refractivity contribution is 7.15. The molecular formula is C13H19N3O2S. The van der Waals surface area contributed by atoms with Crippen LogP contribution in [-0.4, -0.2) is 35.8 Å². The van der Waals surface area contributed by atoms with E-state index >= 15 is 0 Å². The maximum atomic E-state index is 12.5. The van der Waals surface area contributed by atoms with E-state index in [0.29, 0.717) is 22.2 Å². The third-order valence-corrected chi connectivity index (χ3v) is 4.77. The fourth-order valence-corrected chi connectivity index (χ4v) is 3.40. The predicted molar refractivity (Wildman–Crippen MR) is 75.1 cm³/mol. The maximum Gasteiger partial charge on any atom is 0.264 e. The van der Waals surface area contributed by atoms with Crippen LogP contribution < -0.4 is 11.5 Å². The van der Waals surface area contributed by atoms with E-state index < -0.39 is 5.91 Å². The fraction of sp³-hybridized carbons (Fsp3) is 0.538. The molecule has 19 heavy (non-hydrogen) atoms. The molecule has 6 heteroatoms. The number of rotatable bonds is 3. The van der Waals surface area contributed by atoms with Gasteiger partial charge in [-0.05, 0) is 30.9 Å². The van der Waals surface area contributed by atoms with Crippen LogP contribution in [0.2, 0.25) is 0 Å². The Kier molecular flexibility index (Phi) is 4.21. The number of carbonyl (C=O) groups excluding carboxylic acids is 2. The van der Waals surface area contributed by atoms with Gasteiger partial charge in [0, 0.05) is 19.1 Å². The summed E-state index contributed by atoms with van der Waals surface area (Å²) in [6.45, 7) is 3.33. The van der Waals surface area contributed by atoms with Gasteiger partial charge in [-0.3, -0.25) is 9.59 Å². The lowest BCUT2D eigenvalue weighted by molar-refractivity contribution is 0.0537. The Morgan fingerprint density at radius 3 is 2.68 bits per heavy atom. The van der Waals surface area contributed by atoms with E-state index in [1.807, 2.05) is 4.90 Å². The maximum absolute atomic E-state index is 12.5. The molecular weight excluding hydrogens is 262 g/mol. The van der Waals surface area contributed by atoms with E-state index in [-0.39, 0.29) is 11.9 Å². The van der Waals surface area contributed by atoms with E-state index in [2.05, 4.69) is 6.92 Å². The van der Waals surface area contributed by atoms with Crippen molar-refractivity contribution in [2.45, 2.75) is 25.8 Å². The first-order valence-electron chi connectivity index (χ1n) is 6.45. The molecule has 0 spiro atoms. The van der Waals surface area contributed by atoms with Crippen molar-refractivity contribution in [1.29, 1.82) is 0 Å². The van der Waals surface area contributed by atoms with E-state index in [0.717, 1.165) is 30.7 Å². The summed E-state index contributed by atoms with van der Waals surface area (Å²) >= 11 is 1.15. The van der Waals surface area contributed by atoms with Gasteiger partial charge in [-0.25, -0.2) is 0 Å². The minimum Gasteiger partial charge on any atom is -0.365 e. The van der Waals surface area contributed by atoms with Gasteiger partial charge in [-0.2, -0.15) is 0 Å². The van der Waals surface area contributed by atoms with E-state index in [4.69, 9.17) is 11.5 Å². The summed E-state index contributed by atoms with van der Waals surface area (Å²) in [5, 5.41) is 0. The number of amides is 2. The third kappa shape index (κ3) is 2.79. The molecule has 0 bridgehead atoms. The zero-order chi connectivity index (χ0) is 14.0. The topological polar surface area (TPSA) is 89.4 Å². The second-order valence-corrected chi connectivity index (χ2v) is 6.03. The molecule has 1 fully saturated rings. The second kappa shape index (κ2) is 5.71. The first kappa shape index (κ1) is 14.0. The van der Waals surface area contributed by atoms with Gasteiger partial charge < -0.3 is 16.4 Å². The molecule has 0 aliphatic carbocycles. The van der Waals surface area contributed by atoms with Crippen molar-refractivity contribution < 1.29 is 9.59 Å². The molecule has 0 unspecified atom stereocenters. The second-order valence-electron chi connectivity index (χ2n) is 4.95. The van der Waals surface area contributed by atoms with Gasteiger partial charge in [0.1, 0.15) is 0 Å². The largest absolute Gasteiger partial charge is 0.365 e. The molecule has 0 radical (unpaired) electrons. The number of likely N-dealkylation sites (tertiary alicyclic amines) is 1. The van der Waals surface area contributed by atoms with Crippen LogP contribution in [0.25, 0.3) is 0 Å². The van der Waals surface area contributed by atoms with Crippen molar-refractivity contribution in [3.05, 3.63) is 21.9 Å². The van der Waals surface area contributed by atoms with Gasteiger partial charge >= 0.3 is 0 Å². The van der Waals surface area contributed by atoms with Crippen molar-refractivity contribution in [2.24, 2.45) is 17.4 Å². The Hall–Kier alpha value is -1.40. The van der Waals surface area contributed by atoms with Crippen LogP contribution in [0.3, 0.4) is 0 Å². The van der Waals surface area contributed by atoms with Crippen molar-refractivity contribution in [3.8, 4) is 0 Å². The molecule has 1 aromatic rings. The molecule has 1 aromatic heterocycles. The highest BCUT2D eigenvalue weighted by Gasteiger charge is 2.31. The molecule has 2 heterocycles. The van der Waals surface area contributed by atoms with Crippen LogP contribution in [0.4, 0.5) is 0 Å². The summed E-state index contributed by atoms with van der Waals surface area (Å²) < 4.78 is 0. The van der Waals surface area contributed by atoms with Crippen LogP contribution in [-0.2, 0) is 0 Å². The number of hydrogen-bond acceptors (Lipinski definition) is 4. The summed E-state index contributed by atoms with van der Waals surface area (Å²) in [5.74, 6) is -0.121. The number of hydrogen-bond donors (Lipinski definition) is 2. The minimum atomic E-state index is -0.494. The molecule has 1 saturated heterocycles. The van der Waals surface area contributed by atoms with Gasteiger partial charge in [0.25, 0.3) is 11.8 Å². The Labute approximate surface area is 116 Å². The van der Waals surface area contributed by atoms with Gasteiger partial charge in [-0.1, -0.05) is 6.92 Å². The van der Waals surface area contributed by atoms with Gasteiger partial charge in [0.15, 0.2) is 0 Å². The standard InChI is InChI=1S/C13H19N3O2S/c1-8-3-2-6-16(9(8)7-14)13(18)11-5-4-10(19-11)12(15)17/h4-5,8-9H,2-3,6-7,14H2,1H3,(H2,15,17)/t8-,9-/m0/s1. The first-order valence-corrected chi connectivity index (χ1v) is 7.27. The Balaban J connectivity index is 2.19. The Morgan fingerprint density at radius 1 is 1.42 bits per heavy atom. The van der Waals surface area contributed by atoms with E-state index in [9.17, 15) is 9.59 Å². The molecule has 0 saturated carbocycles. The number of nitrogens with zero attached hydrogens (tertiary/aromatic N) is 1. The molecule has 0 aromatic carbocycles. The van der Waals surface area contributed by atoms with Gasteiger partial charge in [0.05, 0.1) is 9.75 Å². The molecule has 104 valence electrons. The molecule has 1 aliphatic rings. The summed E-state index contributed by atoms with van der Waals surface area (Å²) in [4.78, 5) is 26.4. The minimum absolute atomic E-state index is 0.0421. The number of primary amides is 1. The summed E-state index contributed by atoms with van der Waals surface area (Å²) in [5.41, 5.74) is 11.0. The van der Waals surface area contributed by atoms with Crippen LogP contribution in [0.1, 0.15) is 39.1 Å². The lowest BCUT2D eigenvalue weighted by Gasteiger charge is -2.39. The van der Waals surface area contributed by atoms with E-state index in [1.165, 1.54) is 0 Å². The van der Waals surface area contributed by atoms with Crippen molar-refractivity contribution in [2.75, 3.05) is 13.1 Å². The Morgan fingerprint density at radius 2 is 2.11 bits per heavy atom. The van der Waals surface area contributed by atoms with E-state index in [1.54, 1.807) is 12.1 Å². The Bertz CT molecular complexity index is 486. The molecule has 4 N–H and O–H groups in total. The fourth-order valence-electron chi connectivity index (χ4n) is 2.59. The normalized spacial score (nSPS) is 23.4. The predicted octanol–water partition coefficient (Wildman–Crippen LogP) is 1.05. The monoisotopic (exact) mass is 281 g/mol. The van der Waals surface area contributed by atoms with Crippen LogP contribution in [0.15, 0.2) is 12.1 Å². The summed E-state index contributed by atoms with van der Waals surface area (Å²) in [6, 6.07) is 3.35. The number of carbonyl (C=O) groups is 2. The zero-order valence-corrected chi connectivity index (χ0v) is 11.8. The smallest absolute Gasteiger partial charge is 0.264 e. The zero-order valence-electron chi connectivity index (χ0n) is 11.0. The lowest BCUT2D eigenvalue weighted by Crippen LogP contribution is -2.51. The van der Waals surface area contributed by atoms with Gasteiger partial charge in [-0.15, -0.1) is 11.3 Å². The van der Waals surface area contributed by atoms with Gasteiger partial charge in [0.2, 0.25) is 0 Å². The average molecular weight is 281 g/mol. The van der Waals surface area contributed by atoms with Crippen molar-refractivity contribution in [3.63, 3.8) is 0 Å². The average Bonchev–Trinajstić information content (AvgIpc) is 2.87. The van der Waals surface area contributed by atoms with Crippen LogP contribution >= 0.6 is 11.3 Å². The highest BCUT2D eigenvalue weighted by atomic mass is 32.1. The summed E-state index contributed by atoms with van der Waals surface area (Å²) in [6.07, 6.45) is 2.10. The molecule has 2 atom stereocenters. The van der Waals surface area contributed by atoms with Crippen molar-refractivity contribution in [1.82, 2.24) is 4.90 Å². The number of nitrogens with two attached hydrogens (primary N) is 2. The molecule has 5 nitrogen and oxygen atoms in total. The number of thiophene rings is 1. The molecule has 1 aliphatic heterocycles. The lowest BCUT2D eigenvalue weighted by atomic mass is 9.90. The SMILES string of the molecule is C[C@H]1CCCN(C(=O)c2ccc(C(N)=O)s2)[C@H]1CN. The molecule has 2 rings (SSSR count). The highest BCUT2D eigenvalue weighted by Crippen LogP contribution is 2.26. The molecule has 2 amide bonds. The van der Waals surface area contributed by atoms with Crippen LogP contribution in [0, 0.1) is 5.92 Å². The third-order valence-electron chi connectivity index (χ3n) is 3.68. The number of piperidine rings is 1. The van der Waals surface area contributed by atoms with Crippen LogP contribution in [0.5, 0.6) is 0 Å². The van der Waals surface area contributed by atoms with Crippen molar-refractivity contribution >= 4 is 23.2 Å². The summed E-state index contributed by atoms with van der Waals surface area (Å²) in [7, 11) is 0. The quantitative estimate of drug-likeness (QED) is 0.867. The first-order chi connectivity index (χ1) is 9.04.